The minimum atomic E-state index is -0.252. The Kier molecular flexibility index (Phi) is 7.09. The van der Waals surface area contributed by atoms with Gasteiger partial charge in [-0.05, 0) is 44.9 Å². The van der Waals surface area contributed by atoms with Gasteiger partial charge in [-0.15, -0.1) is 0 Å². The van der Waals surface area contributed by atoms with Gasteiger partial charge in [0.15, 0.2) is 0 Å². The quantitative estimate of drug-likeness (QED) is 0.658. The summed E-state index contributed by atoms with van der Waals surface area (Å²) in [6.45, 7) is 4.88. The van der Waals surface area contributed by atoms with Gasteiger partial charge in [0.05, 0.1) is 43.0 Å². The van der Waals surface area contributed by atoms with Crippen LogP contribution in [0.2, 0.25) is 0 Å². The lowest BCUT2D eigenvalue weighted by Crippen LogP contribution is -2.45. The van der Waals surface area contributed by atoms with Crippen LogP contribution in [0.4, 0.5) is 0 Å². The Hall–Kier alpha value is -3.16. The number of likely N-dealkylation sites (tertiary alicyclic amines) is 1. The van der Waals surface area contributed by atoms with Crippen LogP contribution in [0, 0.1) is 12.8 Å². The summed E-state index contributed by atoms with van der Waals surface area (Å²) in [6.07, 6.45) is 1.17. The van der Waals surface area contributed by atoms with Gasteiger partial charge in [-0.25, -0.2) is 0 Å². The van der Waals surface area contributed by atoms with Gasteiger partial charge in [0.25, 0.3) is 5.91 Å². The number of pyridine rings is 1. The van der Waals surface area contributed by atoms with Crippen LogP contribution in [0.1, 0.15) is 35.8 Å². The molecule has 3 rings (SSSR count). The van der Waals surface area contributed by atoms with Crippen molar-refractivity contribution in [2.75, 3.05) is 40.4 Å². The van der Waals surface area contributed by atoms with E-state index in [1.54, 1.807) is 39.0 Å². The lowest BCUT2D eigenvalue weighted by molar-refractivity contribution is -0.151. The van der Waals surface area contributed by atoms with Crippen LogP contribution in [-0.2, 0) is 14.3 Å². The van der Waals surface area contributed by atoms with Gasteiger partial charge >= 0.3 is 5.97 Å². The van der Waals surface area contributed by atoms with E-state index in [1.165, 1.54) is 4.90 Å². The summed E-state index contributed by atoms with van der Waals surface area (Å²) in [4.78, 5) is 45.2. The van der Waals surface area contributed by atoms with Crippen LogP contribution in [0.15, 0.2) is 24.3 Å². The number of esters is 1. The summed E-state index contributed by atoms with van der Waals surface area (Å²) in [5, 5.41) is 0.829. The number of methoxy groups -OCH3 is 1. The number of carbonyl (C=O) groups excluding carboxylic acids is 3. The molecule has 0 spiro atoms. The number of fused-ring (bicyclic) bond motifs is 1. The highest BCUT2D eigenvalue weighted by molar-refractivity contribution is 6.00. The number of amides is 2. The van der Waals surface area contributed by atoms with Crippen LogP contribution in [0.5, 0.6) is 5.75 Å². The molecule has 31 heavy (non-hydrogen) atoms. The van der Waals surface area contributed by atoms with Crippen molar-refractivity contribution in [3.8, 4) is 5.75 Å². The number of piperidine rings is 1. The molecule has 166 valence electrons. The highest BCUT2D eigenvalue weighted by atomic mass is 16.5. The molecule has 1 aromatic carbocycles. The molecule has 0 atom stereocenters. The van der Waals surface area contributed by atoms with Crippen molar-refractivity contribution < 1.29 is 23.9 Å². The molecule has 0 N–H and O–H groups in total. The first-order valence-corrected chi connectivity index (χ1v) is 10.5. The van der Waals surface area contributed by atoms with Crippen LogP contribution in [0.25, 0.3) is 10.9 Å². The fraction of sp³-hybridized carbons (Fsp3) is 0.478. The topological polar surface area (TPSA) is 89.0 Å². The molecule has 0 aliphatic carbocycles. The van der Waals surface area contributed by atoms with Gasteiger partial charge in [-0.3, -0.25) is 19.4 Å². The third kappa shape index (κ3) is 5.13. The van der Waals surface area contributed by atoms with Crippen molar-refractivity contribution in [3.05, 3.63) is 35.5 Å². The number of carbonyl (C=O) groups is 3. The van der Waals surface area contributed by atoms with E-state index >= 15 is 0 Å². The summed E-state index contributed by atoms with van der Waals surface area (Å²) < 4.78 is 10.3. The Morgan fingerprint density at radius 1 is 1.19 bits per heavy atom. The summed E-state index contributed by atoms with van der Waals surface area (Å²) in [6, 6.07) is 7.30. The summed E-state index contributed by atoms with van der Waals surface area (Å²) >= 11 is 0. The Labute approximate surface area is 182 Å². The molecule has 8 heteroatoms. The Morgan fingerprint density at radius 3 is 2.55 bits per heavy atom. The number of aromatic nitrogens is 1. The molecular weight excluding hydrogens is 398 g/mol. The highest BCUT2D eigenvalue weighted by Gasteiger charge is 2.29. The first-order chi connectivity index (χ1) is 14.8. The molecule has 1 saturated heterocycles. The summed E-state index contributed by atoms with van der Waals surface area (Å²) in [5.41, 5.74) is 1.81. The molecular formula is C23H29N3O5. The molecule has 1 aliphatic rings. The predicted octanol–water partition coefficient (Wildman–Crippen LogP) is 2.43. The average molecular weight is 428 g/mol. The lowest BCUT2D eigenvalue weighted by atomic mass is 9.97. The zero-order chi connectivity index (χ0) is 22.5. The molecule has 0 radical (unpaired) electrons. The Bertz CT molecular complexity index is 983. The molecule has 2 aromatic rings. The number of aryl methyl sites for hydroxylation is 1. The van der Waals surface area contributed by atoms with E-state index < -0.39 is 0 Å². The number of nitrogens with zero attached hydrogens (tertiary/aromatic N) is 3. The maximum atomic E-state index is 13.0. The molecule has 0 saturated carbocycles. The van der Waals surface area contributed by atoms with E-state index in [-0.39, 0.29) is 30.2 Å². The van der Waals surface area contributed by atoms with Gasteiger partial charge in [0.2, 0.25) is 5.91 Å². The van der Waals surface area contributed by atoms with Crippen molar-refractivity contribution in [3.63, 3.8) is 0 Å². The van der Waals surface area contributed by atoms with Gasteiger partial charge in [-0.1, -0.05) is 0 Å². The SMILES string of the molecule is CCOC(=O)C1CCN(C(=O)CN(C)C(=O)c2cc3ccc(OC)cc3nc2C)CC1. The van der Waals surface area contributed by atoms with E-state index in [1.807, 2.05) is 18.2 Å². The Morgan fingerprint density at radius 2 is 1.90 bits per heavy atom. The Balaban J connectivity index is 1.63. The maximum absolute atomic E-state index is 13.0. The number of rotatable bonds is 6. The third-order valence-corrected chi connectivity index (χ3v) is 5.63. The predicted molar refractivity (Wildman–Crippen MR) is 116 cm³/mol. The van der Waals surface area contributed by atoms with Crippen molar-refractivity contribution in [2.24, 2.45) is 5.92 Å². The molecule has 0 unspecified atom stereocenters. The third-order valence-electron chi connectivity index (χ3n) is 5.63. The van der Waals surface area contributed by atoms with E-state index in [0.717, 1.165) is 10.9 Å². The number of hydrogen-bond donors (Lipinski definition) is 0. The molecule has 1 aromatic heterocycles. The molecule has 0 bridgehead atoms. The fourth-order valence-corrected chi connectivity index (χ4v) is 3.79. The number of ether oxygens (including phenoxy) is 2. The molecule has 2 amide bonds. The molecule has 2 heterocycles. The largest absolute Gasteiger partial charge is 0.497 e. The van der Waals surface area contributed by atoms with Crippen LogP contribution >= 0.6 is 0 Å². The second-order valence-electron chi connectivity index (χ2n) is 7.75. The second kappa shape index (κ2) is 9.76. The van der Waals surface area contributed by atoms with Crippen LogP contribution in [0.3, 0.4) is 0 Å². The van der Waals surface area contributed by atoms with Gasteiger partial charge in [0, 0.05) is 31.6 Å². The standard InChI is InChI=1S/C23H29N3O5/c1-5-31-23(29)16-8-10-26(11-9-16)21(27)14-25(3)22(28)19-12-17-6-7-18(30-4)13-20(17)24-15(19)2/h6-7,12-13,16H,5,8-11,14H2,1-4H3. The molecule has 1 fully saturated rings. The molecule has 8 nitrogen and oxygen atoms in total. The van der Waals surface area contributed by atoms with Gasteiger partial charge in [-0.2, -0.15) is 0 Å². The lowest BCUT2D eigenvalue weighted by Gasteiger charge is -2.32. The van der Waals surface area contributed by atoms with Crippen molar-refractivity contribution in [2.45, 2.75) is 26.7 Å². The zero-order valence-electron chi connectivity index (χ0n) is 18.5. The minimum Gasteiger partial charge on any atom is -0.497 e. The first-order valence-electron chi connectivity index (χ1n) is 10.5. The highest BCUT2D eigenvalue weighted by Crippen LogP contribution is 2.23. The number of benzene rings is 1. The molecule has 1 aliphatic heterocycles. The monoisotopic (exact) mass is 427 g/mol. The fourth-order valence-electron chi connectivity index (χ4n) is 3.79. The van der Waals surface area contributed by atoms with Gasteiger partial charge < -0.3 is 19.3 Å². The van der Waals surface area contributed by atoms with E-state index in [0.29, 0.717) is 49.5 Å². The summed E-state index contributed by atoms with van der Waals surface area (Å²) in [7, 11) is 3.21. The first kappa shape index (κ1) is 22.5. The van der Waals surface area contributed by atoms with Crippen LogP contribution in [-0.4, -0.2) is 73.0 Å². The smallest absolute Gasteiger partial charge is 0.309 e. The maximum Gasteiger partial charge on any atom is 0.309 e. The average Bonchev–Trinajstić information content (AvgIpc) is 2.77. The van der Waals surface area contributed by atoms with Crippen LogP contribution < -0.4 is 4.74 Å². The zero-order valence-corrected chi connectivity index (χ0v) is 18.5. The van der Waals surface area contributed by atoms with E-state index in [9.17, 15) is 14.4 Å². The number of likely N-dealkylation sites (N-methyl/N-ethyl adjacent to an activating group) is 1. The van der Waals surface area contributed by atoms with E-state index in [2.05, 4.69) is 4.98 Å². The van der Waals surface area contributed by atoms with Crippen molar-refractivity contribution in [1.82, 2.24) is 14.8 Å². The normalized spacial score (nSPS) is 14.4. The van der Waals surface area contributed by atoms with Crippen molar-refractivity contribution in [1.29, 1.82) is 0 Å². The second-order valence-corrected chi connectivity index (χ2v) is 7.75. The van der Waals surface area contributed by atoms with E-state index in [4.69, 9.17) is 9.47 Å². The van der Waals surface area contributed by atoms with Crippen molar-refractivity contribution >= 4 is 28.7 Å². The number of hydrogen-bond acceptors (Lipinski definition) is 6. The minimum absolute atomic E-state index is 0.0248. The summed E-state index contributed by atoms with van der Waals surface area (Å²) in [5.74, 6) is -0.0354. The van der Waals surface area contributed by atoms with Gasteiger partial charge in [0.1, 0.15) is 5.75 Å².